The van der Waals surface area contributed by atoms with Crippen molar-refractivity contribution in [1.82, 2.24) is 9.78 Å². The smallest absolute Gasteiger partial charge is 0.228 e. The normalized spacial score (nSPS) is 19.7. The molecule has 6 nitrogen and oxygen atoms in total. The van der Waals surface area contributed by atoms with Crippen LogP contribution in [0.15, 0.2) is 30.3 Å². The monoisotopic (exact) mass is 333 g/mol. The highest BCUT2D eigenvalue weighted by atomic mass is 32.2. The number of hydrogen-bond donors (Lipinski definition) is 1. The maximum Gasteiger partial charge on any atom is 0.228 e. The van der Waals surface area contributed by atoms with E-state index in [9.17, 15) is 13.2 Å². The second-order valence-electron chi connectivity index (χ2n) is 5.98. The van der Waals surface area contributed by atoms with Crippen molar-refractivity contribution in [2.45, 2.75) is 20.3 Å². The quantitative estimate of drug-likeness (QED) is 0.929. The van der Waals surface area contributed by atoms with Gasteiger partial charge >= 0.3 is 0 Å². The lowest BCUT2D eigenvalue weighted by Gasteiger charge is -2.11. The molecule has 2 heterocycles. The van der Waals surface area contributed by atoms with Crippen molar-refractivity contribution in [1.29, 1.82) is 0 Å². The number of nitrogens with one attached hydrogen (secondary N) is 1. The van der Waals surface area contributed by atoms with Crippen LogP contribution in [0.1, 0.15) is 17.8 Å². The van der Waals surface area contributed by atoms with Gasteiger partial charge in [-0.15, -0.1) is 0 Å². The first-order chi connectivity index (χ1) is 10.8. The number of amides is 1. The third-order valence-electron chi connectivity index (χ3n) is 3.97. The number of rotatable bonds is 3. The molecule has 0 spiro atoms. The minimum atomic E-state index is -3.06. The van der Waals surface area contributed by atoms with E-state index < -0.39 is 15.8 Å². The fourth-order valence-corrected chi connectivity index (χ4v) is 4.59. The molecule has 1 aromatic carbocycles. The van der Waals surface area contributed by atoms with Crippen LogP contribution in [0.2, 0.25) is 0 Å². The zero-order chi connectivity index (χ0) is 16.6. The minimum Gasteiger partial charge on any atom is -0.326 e. The average Bonchev–Trinajstić information content (AvgIpc) is 3.01. The number of aryl methyl sites for hydroxylation is 2. The Morgan fingerprint density at radius 2 is 2.09 bits per heavy atom. The molecule has 0 bridgehead atoms. The van der Waals surface area contributed by atoms with Crippen molar-refractivity contribution in [3.05, 3.63) is 41.7 Å². The first-order valence-corrected chi connectivity index (χ1v) is 9.31. The van der Waals surface area contributed by atoms with Crippen LogP contribution >= 0.6 is 0 Å². The van der Waals surface area contributed by atoms with Crippen LogP contribution in [0.3, 0.4) is 0 Å². The van der Waals surface area contributed by atoms with Gasteiger partial charge in [-0.05, 0) is 44.5 Å². The zero-order valence-electron chi connectivity index (χ0n) is 13.1. The van der Waals surface area contributed by atoms with E-state index in [-0.39, 0.29) is 17.4 Å². The molecule has 1 N–H and O–H groups in total. The first kappa shape index (κ1) is 15.7. The number of anilines is 1. The standard InChI is InChI=1S/C16H19N3O3S/c1-11-8-12(2)19(18-11)15-5-3-4-14(9-15)17-16(20)13-6-7-23(21,22)10-13/h3-5,8-9,13H,6-7,10H2,1-2H3,(H,17,20)/t13-/m0/s1. The van der Waals surface area contributed by atoms with E-state index in [4.69, 9.17) is 0 Å². The third-order valence-corrected chi connectivity index (χ3v) is 5.74. The molecular weight excluding hydrogens is 314 g/mol. The zero-order valence-corrected chi connectivity index (χ0v) is 13.9. The summed E-state index contributed by atoms with van der Waals surface area (Å²) in [6, 6.07) is 9.36. The summed E-state index contributed by atoms with van der Waals surface area (Å²) in [5.41, 5.74) is 3.43. The lowest BCUT2D eigenvalue weighted by molar-refractivity contribution is -0.119. The molecule has 0 unspecified atom stereocenters. The lowest BCUT2D eigenvalue weighted by Crippen LogP contribution is -2.23. The number of carbonyl (C=O) groups excluding carboxylic acids is 1. The van der Waals surface area contributed by atoms with Crippen molar-refractivity contribution < 1.29 is 13.2 Å². The molecule has 1 aliphatic heterocycles. The van der Waals surface area contributed by atoms with Gasteiger partial charge in [0.2, 0.25) is 5.91 Å². The Bertz CT molecular complexity index is 855. The Morgan fingerprint density at radius 1 is 1.30 bits per heavy atom. The van der Waals surface area contributed by atoms with Crippen molar-refractivity contribution >= 4 is 21.4 Å². The van der Waals surface area contributed by atoms with E-state index >= 15 is 0 Å². The Hall–Kier alpha value is -2.15. The summed E-state index contributed by atoms with van der Waals surface area (Å²) in [5, 5.41) is 7.24. The van der Waals surface area contributed by atoms with Gasteiger partial charge in [0.25, 0.3) is 0 Å². The number of aromatic nitrogens is 2. The molecule has 0 radical (unpaired) electrons. The van der Waals surface area contributed by atoms with Crippen LogP contribution in [0.25, 0.3) is 5.69 Å². The summed E-state index contributed by atoms with van der Waals surface area (Å²) in [6.45, 7) is 3.89. The molecule has 1 amide bonds. The van der Waals surface area contributed by atoms with Gasteiger partial charge in [0, 0.05) is 11.4 Å². The molecular formula is C16H19N3O3S. The van der Waals surface area contributed by atoms with Crippen LogP contribution < -0.4 is 5.32 Å². The van der Waals surface area contributed by atoms with Gasteiger partial charge in [-0.3, -0.25) is 4.79 Å². The summed E-state index contributed by atoms with van der Waals surface area (Å²) >= 11 is 0. The predicted molar refractivity (Wildman–Crippen MR) is 88.4 cm³/mol. The van der Waals surface area contributed by atoms with E-state index in [2.05, 4.69) is 10.4 Å². The Labute approximate surface area is 135 Å². The maximum atomic E-state index is 12.2. The molecule has 7 heteroatoms. The van der Waals surface area contributed by atoms with Crippen molar-refractivity contribution in [3.63, 3.8) is 0 Å². The van der Waals surface area contributed by atoms with E-state index in [0.717, 1.165) is 17.1 Å². The summed E-state index contributed by atoms with van der Waals surface area (Å²) in [7, 11) is -3.06. The Morgan fingerprint density at radius 3 is 2.70 bits per heavy atom. The summed E-state index contributed by atoms with van der Waals surface area (Å²) < 4.78 is 24.8. The van der Waals surface area contributed by atoms with Crippen LogP contribution in [0.4, 0.5) is 5.69 Å². The number of benzene rings is 1. The Balaban J connectivity index is 1.78. The van der Waals surface area contributed by atoms with Crippen LogP contribution in [0, 0.1) is 19.8 Å². The largest absolute Gasteiger partial charge is 0.326 e. The highest BCUT2D eigenvalue weighted by Gasteiger charge is 2.32. The molecule has 1 saturated heterocycles. The number of nitrogens with zero attached hydrogens (tertiary/aromatic N) is 2. The fraction of sp³-hybridized carbons (Fsp3) is 0.375. The van der Waals surface area contributed by atoms with E-state index in [0.29, 0.717) is 12.1 Å². The molecule has 1 fully saturated rings. The van der Waals surface area contributed by atoms with Crippen LogP contribution in [-0.2, 0) is 14.6 Å². The summed E-state index contributed by atoms with van der Waals surface area (Å²) in [4.78, 5) is 12.2. The van der Waals surface area contributed by atoms with Gasteiger partial charge < -0.3 is 5.32 Å². The SMILES string of the molecule is Cc1cc(C)n(-c2cccc(NC(=O)[C@H]3CCS(=O)(=O)C3)c2)n1. The molecule has 1 atom stereocenters. The summed E-state index contributed by atoms with van der Waals surface area (Å²) in [6.07, 6.45) is 0.394. The molecule has 0 aliphatic carbocycles. The van der Waals surface area contributed by atoms with Gasteiger partial charge in [0.15, 0.2) is 9.84 Å². The average molecular weight is 333 g/mol. The maximum absolute atomic E-state index is 12.2. The summed E-state index contributed by atoms with van der Waals surface area (Å²) in [5.74, 6) is -0.665. The molecule has 2 aromatic rings. The van der Waals surface area contributed by atoms with E-state index in [1.54, 1.807) is 6.07 Å². The van der Waals surface area contributed by atoms with Crippen LogP contribution in [0.5, 0.6) is 0 Å². The second-order valence-corrected chi connectivity index (χ2v) is 8.21. The van der Waals surface area contributed by atoms with Gasteiger partial charge in [-0.1, -0.05) is 6.07 Å². The third kappa shape index (κ3) is 3.44. The van der Waals surface area contributed by atoms with Crippen LogP contribution in [-0.4, -0.2) is 35.6 Å². The highest BCUT2D eigenvalue weighted by Crippen LogP contribution is 2.22. The second kappa shape index (κ2) is 5.81. The van der Waals surface area contributed by atoms with Crippen molar-refractivity contribution in [3.8, 4) is 5.69 Å². The molecule has 3 rings (SSSR count). The number of sulfone groups is 1. The molecule has 1 aromatic heterocycles. The fourth-order valence-electron chi connectivity index (χ4n) is 2.85. The number of carbonyl (C=O) groups is 1. The molecule has 122 valence electrons. The molecule has 1 aliphatic rings. The van der Waals surface area contributed by atoms with E-state index in [1.807, 2.05) is 42.8 Å². The predicted octanol–water partition coefficient (Wildman–Crippen LogP) is 1.86. The van der Waals surface area contributed by atoms with Gasteiger partial charge in [-0.2, -0.15) is 5.10 Å². The minimum absolute atomic E-state index is 0.0595. The number of hydrogen-bond acceptors (Lipinski definition) is 4. The lowest BCUT2D eigenvalue weighted by atomic mass is 10.1. The topological polar surface area (TPSA) is 81.1 Å². The van der Waals surface area contributed by atoms with E-state index in [1.165, 1.54) is 0 Å². The van der Waals surface area contributed by atoms with Gasteiger partial charge in [0.1, 0.15) is 0 Å². The van der Waals surface area contributed by atoms with Crippen molar-refractivity contribution in [2.24, 2.45) is 5.92 Å². The Kier molecular flexibility index (Phi) is 3.97. The van der Waals surface area contributed by atoms with Gasteiger partial charge in [-0.25, -0.2) is 13.1 Å². The molecule has 23 heavy (non-hydrogen) atoms. The first-order valence-electron chi connectivity index (χ1n) is 7.49. The molecule has 0 saturated carbocycles. The van der Waals surface area contributed by atoms with Crippen molar-refractivity contribution in [2.75, 3.05) is 16.8 Å². The highest BCUT2D eigenvalue weighted by molar-refractivity contribution is 7.91. The van der Waals surface area contributed by atoms with Gasteiger partial charge in [0.05, 0.1) is 28.8 Å².